The quantitative estimate of drug-likeness (QED) is 0.187. The maximum Gasteiger partial charge on any atom is 0.159 e. The van der Waals surface area contributed by atoms with E-state index in [0.29, 0.717) is 0 Å². The van der Waals surface area contributed by atoms with E-state index < -0.39 is 0 Å². The van der Waals surface area contributed by atoms with Crippen LogP contribution >= 0.6 is 0 Å². The second-order valence-corrected chi connectivity index (χ2v) is 14.9. The molecule has 1 aliphatic heterocycles. The van der Waals surface area contributed by atoms with Crippen molar-refractivity contribution in [2.75, 3.05) is 0 Å². The maximum absolute atomic E-state index is 5.36. The number of hydrogen-bond donors (Lipinski definition) is 1. The Labute approximate surface area is 307 Å². The van der Waals surface area contributed by atoms with Crippen molar-refractivity contribution >= 4 is 44.9 Å². The molecule has 3 atom stereocenters. The topological polar surface area (TPSA) is 36.8 Å². The highest BCUT2D eigenvalue weighted by atomic mass is 15.2. The molecule has 0 saturated carbocycles. The monoisotopic (exact) mass is 675 g/mol. The van der Waals surface area contributed by atoms with Gasteiger partial charge in [0.05, 0.1) is 5.41 Å². The molecule has 1 spiro atoms. The zero-order valence-corrected chi connectivity index (χ0v) is 28.9. The first-order valence-electron chi connectivity index (χ1n) is 18.6. The average molecular weight is 676 g/mol. The molecule has 4 aliphatic carbocycles. The Morgan fingerprint density at radius 2 is 1.28 bits per heavy atom. The second-order valence-electron chi connectivity index (χ2n) is 14.9. The minimum Gasteiger partial charge on any atom is -0.347 e. The molecule has 1 heterocycles. The fourth-order valence-electron chi connectivity index (χ4n) is 10.1. The lowest BCUT2D eigenvalue weighted by atomic mass is 9.70. The summed E-state index contributed by atoms with van der Waals surface area (Å²) in [5.41, 5.74) is 11.0. The van der Waals surface area contributed by atoms with Crippen LogP contribution in [0.4, 0.5) is 0 Å². The SMILES string of the molecule is C1=CC2=c3ccccc3=CC(C3N=C(c4ccccc4)N=C(c4ccc5c(c4)-c4ccccc4C54c5cccc6ccc7cccc4c7c56)N3)C2C=C1. The van der Waals surface area contributed by atoms with E-state index in [0.717, 1.165) is 22.8 Å². The van der Waals surface area contributed by atoms with Crippen molar-refractivity contribution in [2.24, 2.45) is 21.8 Å². The molecule has 0 bridgehead atoms. The summed E-state index contributed by atoms with van der Waals surface area (Å²) in [6.07, 6.45) is 11.2. The summed E-state index contributed by atoms with van der Waals surface area (Å²) in [6, 6.07) is 53.5. The second kappa shape index (κ2) is 10.7. The van der Waals surface area contributed by atoms with E-state index in [4.69, 9.17) is 9.98 Å². The standard InChI is InChI=1S/C50H33N3/c1-2-12-32(13-3-1)47-51-48(53-49(52-47)40-28-33-14-4-5-17-35(33)36-18-6-7-19-37(36)40)34-26-27-42-39(29-34)38-20-8-9-21-41(38)50(42)43-22-10-15-30-24-25-31-16-11-23-44(50)46(31)45(30)43/h1-29,37,40,49H,(H,51,52,53). The summed E-state index contributed by atoms with van der Waals surface area (Å²) in [5.74, 6) is 1.92. The van der Waals surface area contributed by atoms with E-state index in [9.17, 15) is 0 Å². The number of amidine groups is 2. The fraction of sp³-hybridized carbons (Fsp3) is 0.0800. The smallest absolute Gasteiger partial charge is 0.159 e. The fourth-order valence-corrected chi connectivity index (χ4v) is 10.1. The third-order valence-corrected chi connectivity index (χ3v) is 12.3. The van der Waals surface area contributed by atoms with Gasteiger partial charge in [-0.15, -0.1) is 0 Å². The van der Waals surface area contributed by atoms with Crippen LogP contribution in [0, 0.1) is 11.8 Å². The Hall–Kier alpha value is -6.58. The molecule has 3 unspecified atom stereocenters. The lowest BCUT2D eigenvalue weighted by Crippen LogP contribution is -2.48. The van der Waals surface area contributed by atoms with Gasteiger partial charge in [-0.2, -0.15) is 0 Å². The van der Waals surface area contributed by atoms with Gasteiger partial charge in [-0.3, -0.25) is 0 Å². The van der Waals surface area contributed by atoms with Gasteiger partial charge in [0.2, 0.25) is 0 Å². The van der Waals surface area contributed by atoms with Gasteiger partial charge < -0.3 is 5.32 Å². The van der Waals surface area contributed by atoms with Gasteiger partial charge in [0, 0.05) is 23.0 Å². The van der Waals surface area contributed by atoms with Crippen molar-refractivity contribution in [3.8, 4) is 11.1 Å². The van der Waals surface area contributed by atoms with Crippen LogP contribution in [0.15, 0.2) is 180 Å². The molecule has 0 amide bonds. The molecule has 53 heavy (non-hydrogen) atoms. The van der Waals surface area contributed by atoms with Gasteiger partial charge in [-0.25, -0.2) is 9.98 Å². The predicted molar refractivity (Wildman–Crippen MR) is 218 cm³/mol. The van der Waals surface area contributed by atoms with E-state index in [-0.39, 0.29) is 23.4 Å². The van der Waals surface area contributed by atoms with E-state index >= 15 is 0 Å². The molecule has 5 aliphatic rings. The van der Waals surface area contributed by atoms with E-state index in [1.54, 1.807) is 0 Å². The molecule has 0 radical (unpaired) electrons. The van der Waals surface area contributed by atoms with Crippen LogP contribution in [-0.2, 0) is 5.41 Å². The Bertz CT molecular complexity index is 2940. The lowest BCUT2D eigenvalue weighted by molar-refractivity contribution is 0.446. The summed E-state index contributed by atoms with van der Waals surface area (Å²) in [4.78, 5) is 10.6. The molecular weight excluding hydrogens is 643 g/mol. The van der Waals surface area contributed by atoms with E-state index in [1.807, 2.05) is 0 Å². The largest absolute Gasteiger partial charge is 0.347 e. The predicted octanol–water partition coefficient (Wildman–Crippen LogP) is 8.80. The Morgan fingerprint density at radius 3 is 2.11 bits per heavy atom. The molecule has 0 aromatic heterocycles. The molecule has 0 fully saturated rings. The van der Waals surface area contributed by atoms with Crippen molar-refractivity contribution in [3.63, 3.8) is 0 Å². The molecule has 3 nitrogen and oxygen atoms in total. The van der Waals surface area contributed by atoms with E-state index in [1.165, 1.54) is 70.9 Å². The first kappa shape index (κ1) is 29.0. The molecule has 0 saturated heterocycles. The zero-order valence-electron chi connectivity index (χ0n) is 28.9. The molecule has 248 valence electrons. The summed E-state index contributed by atoms with van der Waals surface area (Å²) in [6.45, 7) is 0. The van der Waals surface area contributed by atoms with Crippen LogP contribution in [0.2, 0.25) is 0 Å². The van der Waals surface area contributed by atoms with Crippen LogP contribution in [-0.4, -0.2) is 17.8 Å². The highest BCUT2D eigenvalue weighted by Crippen LogP contribution is 2.62. The minimum atomic E-state index is -0.383. The Morgan fingerprint density at radius 1 is 0.566 bits per heavy atom. The van der Waals surface area contributed by atoms with Gasteiger partial charge in [0.25, 0.3) is 0 Å². The summed E-state index contributed by atoms with van der Waals surface area (Å²) >= 11 is 0. The Balaban J connectivity index is 1.04. The molecule has 3 heteroatoms. The summed E-state index contributed by atoms with van der Waals surface area (Å²) in [5, 5.41) is 11.8. The number of nitrogens with one attached hydrogen (secondary N) is 1. The van der Waals surface area contributed by atoms with Crippen molar-refractivity contribution in [3.05, 3.63) is 214 Å². The molecule has 12 rings (SSSR count). The highest BCUT2D eigenvalue weighted by Gasteiger charge is 2.50. The first-order valence-corrected chi connectivity index (χ1v) is 18.6. The Kier molecular flexibility index (Phi) is 5.88. The lowest BCUT2D eigenvalue weighted by Gasteiger charge is -2.35. The number of rotatable bonds is 3. The van der Waals surface area contributed by atoms with Crippen molar-refractivity contribution in [1.82, 2.24) is 5.32 Å². The number of fused-ring (bicyclic) bond motifs is 9. The number of allylic oxidation sites excluding steroid dienone is 4. The van der Waals surface area contributed by atoms with Crippen LogP contribution < -0.4 is 15.8 Å². The average Bonchev–Trinajstić information content (AvgIpc) is 3.71. The zero-order chi connectivity index (χ0) is 34.7. The highest BCUT2D eigenvalue weighted by molar-refractivity contribution is 6.18. The van der Waals surface area contributed by atoms with Crippen LogP contribution in [0.3, 0.4) is 0 Å². The molecule has 1 N–H and O–H groups in total. The molecular formula is C50H33N3. The number of hydrogen-bond acceptors (Lipinski definition) is 3. The summed E-state index contributed by atoms with van der Waals surface area (Å²) in [7, 11) is 0. The first-order chi connectivity index (χ1) is 26.3. The van der Waals surface area contributed by atoms with Crippen LogP contribution in [0.1, 0.15) is 33.4 Å². The van der Waals surface area contributed by atoms with Crippen LogP contribution in [0.5, 0.6) is 0 Å². The number of aliphatic imine (C=N–C) groups is 2. The molecule has 7 aromatic rings. The normalized spacial score (nSPS) is 20.8. The summed E-state index contributed by atoms with van der Waals surface area (Å²) < 4.78 is 0. The van der Waals surface area contributed by atoms with Crippen LogP contribution in [0.25, 0.3) is 44.3 Å². The van der Waals surface area contributed by atoms with Gasteiger partial charge in [0.15, 0.2) is 5.84 Å². The molecule has 7 aromatic carbocycles. The van der Waals surface area contributed by atoms with Crippen molar-refractivity contribution in [2.45, 2.75) is 11.6 Å². The van der Waals surface area contributed by atoms with Gasteiger partial charge in [-0.1, -0.05) is 170 Å². The third-order valence-electron chi connectivity index (χ3n) is 12.3. The third kappa shape index (κ3) is 3.89. The number of nitrogens with zero attached hydrogens (tertiary/aromatic N) is 2. The minimum absolute atomic E-state index is 0.0988. The number of benzene rings is 7. The van der Waals surface area contributed by atoms with Gasteiger partial charge >= 0.3 is 0 Å². The van der Waals surface area contributed by atoms with Crippen molar-refractivity contribution < 1.29 is 0 Å². The van der Waals surface area contributed by atoms with Gasteiger partial charge in [0.1, 0.15) is 12.0 Å². The van der Waals surface area contributed by atoms with Gasteiger partial charge in [-0.05, 0) is 77.0 Å². The van der Waals surface area contributed by atoms with Crippen molar-refractivity contribution in [1.29, 1.82) is 0 Å². The van der Waals surface area contributed by atoms with E-state index in [2.05, 4.69) is 181 Å². The maximum atomic E-state index is 5.36.